The van der Waals surface area contributed by atoms with Gasteiger partial charge in [-0.2, -0.15) is 0 Å². The van der Waals surface area contributed by atoms with Gasteiger partial charge in [-0.3, -0.25) is 4.79 Å². The summed E-state index contributed by atoms with van der Waals surface area (Å²) in [6.07, 6.45) is 0.342. The van der Waals surface area contributed by atoms with Crippen molar-refractivity contribution in [3.05, 3.63) is 23.8 Å². The Morgan fingerprint density at radius 3 is 2.36 bits per heavy atom. The van der Waals surface area contributed by atoms with Crippen LogP contribution in [0.4, 0.5) is 4.79 Å². The molecule has 0 saturated carbocycles. The summed E-state index contributed by atoms with van der Waals surface area (Å²) in [6.45, 7) is 11.9. The fourth-order valence-corrected chi connectivity index (χ4v) is 3.15. The Kier molecular flexibility index (Phi) is 7.55. The molecule has 1 saturated heterocycles. The zero-order valence-corrected chi connectivity index (χ0v) is 17.6. The van der Waals surface area contributed by atoms with Crippen LogP contribution >= 0.6 is 12.6 Å². The highest BCUT2D eigenvalue weighted by Gasteiger charge is 2.56. The lowest BCUT2D eigenvalue weighted by atomic mass is 9.70. The fraction of sp³-hybridized carbons (Fsp3) is 0.611. The second-order valence-corrected chi connectivity index (χ2v) is 8.02. The number of amides is 2. The molecule has 0 bridgehead atoms. The summed E-state index contributed by atoms with van der Waals surface area (Å²) in [5.41, 5.74) is -1.25. The predicted octanol–water partition coefficient (Wildman–Crippen LogP) is 1.07. The number of hydrogen-bond donors (Lipinski definition) is 5. The van der Waals surface area contributed by atoms with E-state index in [4.69, 9.17) is 14.9 Å². The Morgan fingerprint density at radius 2 is 1.96 bits per heavy atom. The normalized spacial score (nSPS) is 26.0. The molecule has 0 aromatic carbocycles. The molecule has 1 heterocycles. The summed E-state index contributed by atoms with van der Waals surface area (Å²) in [5, 5.41) is 24.3. The highest BCUT2D eigenvalue weighted by atomic mass is 32.1. The van der Waals surface area contributed by atoms with Gasteiger partial charge in [0.05, 0.1) is 6.61 Å². The third-order valence-corrected chi connectivity index (χ3v) is 4.94. The quantitative estimate of drug-likeness (QED) is 0.239. The van der Waals surface area contributed by atoms with E-state index in [-0.39, 0.29) is 11.7 Å². The zero-order valence-electron chi connectivity index (χ0n) is 16.7. The van der Waals surface area contributed by atoms with Crippen LogP contribution in [0, 0.1) is 5.41 Å². The van der Waals surface area contributed by atoms with Crippen LogP contribution in [0.25, 0.3) is 0 Å². The molecule has 0 aromatic heterocycles. The van der Waals surface area contributed by atoms with E-state index in [1.165, 1.54) is 5.41 Å². The Hall–Kier alpha value is -2.20. The lowest BCUT2D eigenvalue weighted by molar-refractivity contribution is -0.143. The standard InChI is InChI=1S/C18H29N3O6S/c1-7-18(6)10(2)21(15(18)20-16(26)27-17(3,4)5)12(9-28)13(23)19-11(8-22)14(24)25/h7,9-11,15,22,28H,1,8H2,2-6H3,(H,19,23)(H,20,26)(H,24,25)/b12-9-/t10?,11-,15+,18+/m0/s1. The Morgan fingerprint density at radius 1 is 1.39 bits per heavy atom. The minimum atomic E-state index is -1.46. The Bertz CT molecular complexity index is 675. The zero-order chi connectivity index (χ0) is 21.9. The number of ether oxygens (including phenoxy) is 1. The van der Waals surface area contributed by atoms with E-state index >= 15 is 0 Å². The SMILES string of the molecule is C=C[C@]1(C)C(C)N(/C(=C\S)C(=O)N[C@@H](CO)C(=O)O)[C@H]1NC(=O)OC(C)(C)C. The number of carboxylic acids is 1. The van der Waals surface area contributed by atoms with Crippen molar-refractivity contribution >= 4 is 30.6 Å². The first kappa shape index (κ1) is 23.8. The molecule has 0 aliphatic carbocycles. The number of aliphatic carboxylic acids is 1. The molecule has 0 aromatic rings. The molecule has 1 aliphatic heterocycles. The third kappa shape index (κ3) is 4.99. The van der Waals surface area contributed by atoms with Gasteiger partial charge < -0.3 is 30.5 Å². The first-order valence-corrected chi connectivity index (χ1v) is 9.24. The average Bonchev–Trinajstić information content (AvgIpc) is 2.59. The van der Waals surface area contributed by atoms with Crippen molar-refractivity contribution < 1.29 is 29.3 Å². The van der Waals surface area contributed by atoms with Gasteiger partial charge in [-0.05, 0) is 33.1 Å². The van der Waals surface area contributed by atoms with Crippen LogP contribution in [0.1, 0.15) is 34.6 Å². The molecular weight excluding hydrogens is 386 g/mol. The molecule has 10 heteroatoms. The molecule has 1 fully saturated rings. The number of carbonyl (C=O) groups is 3. The number of aliphatic hydroxyl groups excluding tert-OH is 1. The molecule has 1 rings (SSSR count). The van der Waals surface area contributed by atoms with Crippen molar-refractivity contribution in [1.29, 1.82) is 0 Å². The Balaban J connectivity index is 3.09. The number of likely N-dealkylation sites (tertiary alicyclic amines) is 1. The summed E-state index contributed by atoms with van der Waals surface area (Å²) in [6, 6.07) is -1.72. The van der Waals surface area contributed by atoms with Crippen molar-refractivity contribution in [2.24, 2.45) is 5.41 Å². The summed E-state index contributed by atoms with van der Waals surface area (Å²) < 4.78 is 5.29. The van der Waals surface area contributed by atoms with Crippen LogP contribution in [-0.2, 0) is 14.3 Å². The number of hydrogen-bond acceptors (Lipinski definition) is 7. The number of thiol groups is 1. The molecule has 0 radical (unpaired) electrons. The molecular formula is C18H29N3O6S. The number of alkyl carbamates (subject to hydrolysis) is 1. The molecule has 28 heavy (non-hydrogen) atoms. The first-order chi connectivity index (χ1) is 12.8. The average molecular weight is 416 g/mol. The van der Waals surface area contributed by atoms with Crippen molar-refractivity contribution in [3.8, 4) is 0 Å². The van der Waals surface area contributed by atoms with Crippen molar-refractivity contribution in [2.45, 2.75) is 58.5 Å². The summed E-state index contributed by atoms with van der Waals surface area (Å²) in [5.74, 6) is -2.12. The van der Waals surface area contributed by atoms with Gasteiger partial charge in [-0.15, -0.1) is 19.2 Å². The number of carbonyl (C=O) groups excluding carboxylic acids is 2. The lowest BCUT2D eigenvalue weighted by Crippen LogP contribution is -2.74. The van der Waals surface area contributed by atoms with Gasteiger partial charge in [-0.25, -0.2) is 9.59 Å². The number of rotatable bonds is 7. The van der Waals surface area contributed by atoms with E-state index in [1.54, 1.807) is 31.7 Å². The summed E-state index contributed by atoms with van der Waals surface area (Å²) in [7, 11) is 0. The smallest absolute Gasteiger partial charge is 0.409 e. The van der Waals surface area contributed by atoms with Gasteiger partial charge in [0.25, 0.3) is 5.91 Å². The number of nitrogens with zero attached hydrogens (tertiary/aromatic N) is 1. The highest BCUT2D eigenvalue weighted by molar-refractivity contribution is 7.83. The van der Waals surface area contributed by atoms with Crippen molar-refractivity contribution in [2.75, 3.05) is 6.61 Å². The first-order valence-electron chi connectivity index (χ1n) is 8.72. The molecule has 4 atom stereocenters. The largest absolute Gasteiger partial charge is 0.480 e. The van der Waals surface area contributed by atoms with Crippen molar-refractivity contribution in [3.63, 3.8) is 0 Å². The van der Waals surface area contributed by atoms with Gasteiger partial charge in [0.2, 0.25) is 0 Å². The van der Waals surface area contributed by atoms with E-state index in [0.29, 0.717) is 0 Å². The highest BCUT2D eigenvalue weighted by Crippen LogP contribution is 2.46. The Labute approximate surface area is 170 Å². The fourth-order valence-electron chi connectivity index (χ4n) is 2.90. The molecule has 4 N–H and O–H groups in total. The van der Waals surface area contributed by atoms with E-state index in [9.17, 15) is 14.4 Å². The van der Waals surface area contributed by atoms with Crippen LogP contribution in [0.2, 0.25) is 0 Å². The molecule has 0 spiro atoms. The summed E-state index contributed by atoms with van der Waals surface area (Å²) >= 11 is 4.07. The van der Waals surface area contributed by atoms with Gasteiger partial charge >= 0.3 is 12.1 Å². The van der Waals surface area contributed by atoms with Crippen LogP contribution in [-0.4, -0.2) is 63.5 Å². The molecule has 1 aliphatic rings. The third-order valence-electron chi connectivity index (χ3n) is 4.70. The van der Waals surface area contributed by atoms with Crippen LogP contribution in [0.5, 0.6) is 0 Å². The second-order valence-electron chi connectivity index (χ2n) is 7.76. The van der Waals surface area contributed by atoms with Gasteiger partial charge in [0.1, 0.15) is 17.5 Å². The molecule has 158 valence electrons. The van der Waals surface area contributed by atoms with Gasteiger partial charge in [0.15, 0.2) is 6.04 Å². The van der Waals surface area contributed by atoms with E-state index < -0.39 is 47.8 Å². The molecule has 2 amide bonds. The minimum absolute atomic E-state index is 0.0379. The lowest BCUT2D eigenvalue weighted by Gasteiger charge is -2.61. The molecule has 9 nitrogen and oxygen atoms in total. The predicted molar refractivity (Wildman–Crippen MR) is 106 cm³/mol. The maximum Gasteiger partial charge on any atom is 0.409 e. The van der Waals surface area contributed by atoms with Crippen molar-refractivity contribution in [1.82, 2.24) is 15.5 Å². The van der Waals surface area contributed by atoms with Gasteiger partial charge in [0, 0.05) is 11.5 Å². The topological polar surface area (TPSA) is 128 Å². The monoisotopic (exact) mass is 415 g/mol. The number of aliphatic hydroxyl groups is 1. The van der Waals surface area contributed by atoms with E-state index in [2.05, 4.69) is 29.8 Å². The maximum atomic E-state index is 12.6. The second kappa shape index (κ2) is 8.87. The van der Waals surface area contributed by atoms with Crippen LogP contribution < -0.4 is 10.6 Å². The maximum absolute atomic E-state index is 12.6. The molecule has 1 unspecified atom stereocenters. The van der Waals surface area contributed by atoms with Gasteiger partial charge in [-0.1, -0.05) is 13.0 Å². The minimum Gasteiger partial charge on any atom is -0.480 e. The van der Waals surface area contributed by atoms with Crippen LogP contribution in [0.15, 0.2) is 23.8 Å². The number of nitrogens with one attached hydrogen (secondary N) is 2. The number of carboxylic acid groups (broad SMARTS) is 1. The van der Waals surface area contributed by atoms with E-state index in [1.807, 2.05) is 13.8 Å². The van der Waals surface area contributed by atoms with E-state index in [0.717, 1.165) is 0 Å². The van der Waals surface area contributed by atoms with Crippen LogP contribution in [0.3, 0.4) is 0 Å². The summed E-state index contributed by atoms with van der Waals surface area (Å²) in [4.78, 5) is 37.5.